The predicted molar refractivity (Wildman–Crippen MR) is 123 cm³/mol. The molecule has 3 aromatic carbocycles. The van der Waals surface area contributed by atoms with Crippen LogP contribution in [0.2, 0.25) is 0 Å². The van der Waals surface area contributed by atoms with E-state index in [1.807, 2.05) is 35.3 Å². The highest BCUT2D eigenvalue weighted by Crippen LogP contribution is 2.47. The summed E-state index contributed by atoms with van der Waals surface area (Å²) in [7, 11) is 0. The summed E-state index contributed by atoms with van der Waals surface area (Å²) in [5.74, 6) is 1.51. The summed E-state index contributed by atoms with van der Waals surface area (Å²) < 4.78 is 25.7. The van der Waals surface area contributed by atoms with Crippen molar-refractivity contribution < 1.29 is 13.9 Å². The van der Waals surface area contributed by atoms with Gasteiger partial charge in [0.25, 0.3) is 0 Å². The van der Waals surface area contributed by atoms with E-state index < -0.39 is 0 Å². The predicted octanol–water partition coefficient (Wildman–Crippen LogP) is 6.64. The Hall–Kier alpha value is -3.34. The number of hydrogen-bond acceptors (Lipinski definition) is 4. The first-order chi connectivity index (χ1) is 15.7. The van der Waals surface area contributed by atoms with E-state index in [0.29, 0.717) is 0 Å². The summed E-state index contributed by atoms with van der Waals surface area (Å²) in [5, 5.41) is 6.97. The summed E-state index contributed by atoms with van der Waals surface area (Å²) in [5.41, 5.74) is 4.03. The minimum atomic E-state index is -0.331. The molecule has 0 fully saturated rings. The number of halogens is 1. The van der Waals surface area contributed by atoms with Gasteiger partial charge in [0.15, 0.2) is 0 Å². The lowest BCUT2D eigenvalue weighted by Crippen LogP contribution is -2.33. The first-order valence-electron chi connectivity index (χ1n) is 11.3. The van der Waals surface area contributed by atoms with Crippen LogP contribution in [0.4, 0.5) is 4.39 Å². The minimum absolute atomic E-state index is 0.0787. The van der Waals surface area contributed by atoms with Crippen LogP contribution in [0.3, 0.4) is 0 Å². The van der Waals surface area contributed by atoms with Crippen molar-refractivity contribution in [2.45, 2.75) is 44.9 Å². The number of hydrazone groups is 1. The first kappa shape index (κ1) is 20.6. The third kappa shape index (κ3) is 4.07. The van der Waals surface area contributed by atoms with Crippen LogP contribution in [0.25, 0.3) is 0 Å². The zero-order valence-corrected chi connectivity index (χ0v) is 18.2. The number of benzene rings is 3. The number of rotatable bonds is 7. The Kier molecular flexibility index (Phi) is 5.80. The Balaban J connectivity index is 1.42. The summed E-state index contributed by atoms with van der Waals surface area (Å²) in [6.45, 7) is 2.92. The number of hydrogen-bond donors (Lipinski definition) is 0. The van der Waals surface area contributed by atoms with Crippen molar-refractivity contribution in [1.82, 2.24) is 5.01 Å². The number of unbranched alkanes of at least 4 members (excludes halogenated alkanes) is 2. The Morgan fingerprint density at radius 3 is 2.56 bits per heavy atom. The van der Waals surface area contributed by atoms with E-state index >= 15 is 0 Å². The van der Waals surface area contributed by atoms with Crippen molar-refractivity contribution in [1.29, 1.82) is 0 Å². The lowest BCUT2D eigenvalue weighted by Gasteiger charge is -2.38. The fourth-order valence-corrected chi connectivity index (χ4v) is 4.34. The number of nitrogens with zero attached hydrogens (tertiary/aromatic N) is 2. The van der Waals surface area contributed by atoms with Crippen molar-refractivity contribution in [2.75, 3.05) is 6.61 Å². The van der Waals surface area contributed by atoms with Gasteiger partial charge in [-0.2, -0.15) is 5.10 Å². The van der Waals surface area contributed by atoms with Gasteiger partial charge in [0.2, 0.25) is 6.23 Å². The maximum absolute atomic E-state index is 13.4. The molecule has 5 rings (SSSR count). The minimum Gasteiger partial charge on any atom is -0.494 e. The largest absolute Gasteiger partial charge is 0.494 e. The van der Waals surface area contributed by atoms with Crippen molar-refractivity contribution in [3.63, 3.8) is 0 Å². The van der Waals surface area contributed by atoms with Crippen molar-refractivity contribution >= 4 is 5.71 Å². The highest BCUT2D eigenvalue weighted by Gasteiger charge is 2.40. The molecule has 164 valence electrons. The van der Waals surface area contributed by atoms with Crippen LogP contribution in [-0.2, 0) is 0 Å². The Morgan fingerprint density at radius 1 is 1.00 bits per heavy atom. The molecule has 2 heterocycles. The topological polar surface area (TPSA) is 34.1 Å². The molecule has 0 radical (unpaired) electrons. The molecule has 0 bridgehead atoms. The summed E-state index contributed by atoms with van der Waals surface area (Å²) in [6, 6.07) is 22.9. The number of fused-ring (bicyclic) bond motifs is 3. The molecule has 0 saturated carbocycles. The van der Waals surface area contributed by atoms with Gasteiger partial charge in [-0.25, -0.2) is 9.40 Å². The highest BCUT2D eigenvalue weighted by atomic mass is 19.1. The van der Waals surface area contributed by atoms with Crippen LogP contribution in [0, 0.1) is 5.82 Å². The smallest absolute Gasteiger partial charge is 0.213 e. The van der Waals surface area contributed by atoms with Crippen LogP contribution < -0.4 is 9.47 Å². The molecule has 32 heavy (non-hydrogen) atoms. The molecule has 0 aliphatic carbocycles. The normalized spacial score (nSPS) is 19.1. The van der Waals surface area contributed by atoms with E-state index in [1.165, 1.54) is 25.0 Å². The maximum Gasteiger partial charge on any atom is 0.213 e. The number of para-hydroxylation sites is 1. The van der Waals surface area contributed by atoms with E-state index in [0.717, 1.165) is 53.3 Å². The molecule has 0 spiro atoms. The molecule has 4 nitrogen and oxygen atoms in total. The van der Waals surface area contributed by atoms with Crippen LogP contribution >= 0.6 is 0 Å². The zero-order chi connectivity index (χ0) is 21.9. The molecule has 0 aromatic heterocycles. The lowest BCUT2D eigenvalue weighted by atomic mass is 9.96. The van der Waals surface area contributed by atoms with Gasteiger partial charge in [0, 0.05) is 17.5 Å². The standard InChI is InChI=1S/C27H27FN2O2/c1-2-3-6-17-31-22-15-11-20(12-16-22)27-30-25(23-7-4-5-8-26(23)32-27)18-24(29-30)19-9-13-21(28)14-10-19/h4-5,7-16,25,27H,2-3,6,17-18H2,1H3. The summed E-state index contributed by atoms with van der Waals surface area (Å²) in [4.78, 5) is 0. The molecule has 2 aliphatic rings. The summed E-state index contributed by atoms with van der Waals surface area (Å²) >= 11 is 0. The molecule has 2 aliphatic heterocycles. The van der Waals surface area contributed by atoms with Crippen molar-refractivity contribution in [2.24, 2.45) is 5.10 Å². The van der Waals surface area contributed by atoms with Crippen molar-refractivity contribution in [3.8, 4) is 11.5 Å². The van der Waals surface area contributed by atoms with Gasteiger partial charge in [0.1, 0.15) is 17.3 Å². The monoisotopic (exact) mass is 430 g/mol. The van der Waals surface area contributed by atoms with Crippen LogP contribution in [-0.4, -0.2) is 17.3 Å². The first-order valence-corrected chi connectivity index (χ1v) is 11.3. The fraction of sp³-hybridized carbons (Fsp3) is 0.296. The lowest BCUT2D eigenvalue weighted by molar-refractivity contribution is -0.0190. The van der Waals surface area contributed by atoms with E-state index in [2.05, 4.69) is 25.1 Å². The van der Waals surface area contributed by atoms with Gasteiger partial charge in [-0.1, -0.05) is 50.1 Å². The quantitative estimate of drug-likeness (QED) is 0.394. The second-order valence-corrected chi connectivity index (χ2v) is 8.29. The SMILES string of the molecule is CCCCCOc1ccc(C2Oc3ccccc3C3CC(c4ccc(F)cc4)=NN32)cc1. The summed E-state index contributed by atoms with van der Waals surface area (Å²) in [6.07, 6.45) is 3.85. The van der Waals surface area contributed by atoms with Gasteiger partial charge < -0.3 is 9.47 Å². The molecule has 2 unspecified atom stereocenters. The second-order valence-electron chi connectivity index (χ2n) is 8.29. The van der Waals surface area contributed by atoms with E-state index in [4.69, 9.17) is 14.6 Å². The van der Waals surface area contributed by atoms with Gasteiger partial charge in [-0.15, -0.1) is 0 Å². The van der Waals surface area contributed by atoms with Crippen LogP contribution in [0.15, 0.2) is 77.9 Å². The van der Waals surface area contributed by atoms with Gasteiger partial charge in [-0.05, 0) is 54.4 Å². The molecular formula is C27H27FN2O2. The van der Waals surface area contributed by atoms with Gasteiger partial charge >= 0.3 is 0 Å². The average Bonchev–Trinajstić information content (AvgIpc) is 3.28. The number of ether oxygens (including phenoxy) is 2. The van der Waals surface area contributed by atoms with E-state index in [9.17, 15) is 4.39 Å². The molecular weight excluding hydrogens is 403 g/mol. The molecule has 0 N–H and O–H groups in total. The maximum atomic E-state index is 13.4. The van der Waals surface area contributed by atoms with Gasteiger partial charge in [0.05, 0.1) is 18.4 Å². The van der Waals surface area contributed by atoms with Crippen LogP contribution in [0.1, 0.15) is 61.6 Å². The van der Waals surface area contributed by atoms with Crippen molar-refractivity contribution in [3.05, 3.63) is 95.3 Å². The second kappa shape index (κ2) is 9.03. The van der Waals surface area contributed by atoms with Crippen LogP contribution in [0.5, 0.6) is 11.5 Å². The zero-order valence-electron chi connectivity index (χ0n) is 18.2. The molecule has 5 heteroatoms. The third-order valence-electron chi connectivity index (χ3n) is 6.06. The fourth-order valence-electron chi connectivity index (χ4n) is 4.34. The van der Waals surface area contributed by atoms with E-state index in [1.54, 1.807) is 12.1 Å². The Labute approximate surface area is 188 Å². The molecule has 3 aromatic rings. The van der Waals surface area contributed by atoms with Gasteiger partial charge in [-0.3, -0.25) is 0 Å². The highest BCUT2D eigenvalue weighted by molar-refractivity contribution is 6.01. The molecule has 0 saturated heterocycles. The Morgan fingerprint density at radius 2 is 1.78 bits per heavy atom. The Bertz CT molecular complexity index is 1100. The van der Waals surface area contributed by atoms with E-state index in [-0.39, 0.29) is 18.1 Å². The molecule has 2 atom stereocenters. The average molecular weight is 431 g/mol. The molecule has 0 amide bonds. The third-order valence-corrected chi connectivity index (χ3v) is 6.06.